The van der Waals surface area contributed by atoms with Gasteiger partial charge in [-0.15, -0.1) is 0 Å². The monoisotopic (exact) mass is 279 g/mol. The van der Waals surface area contributed by atoms with Crippen molar-refractivity contribution in [2.45, 2.75) is 69.9 Å². The van der Waals surface area contributed by atoms with Crippen LogP contribution in [0.4, 0.5) is 0 Å². The molecule has 0 bridgehead atoms. The molecule has 0 saturated heterocycles. The van der Waals surface area contributed by atoms with Crippen molar-refractivity contribution in [2.75, 3.05) is 0 Å². The molecule has 96 valence electrons. The van der Waals surface area contributed by atoms with E-state index in [1.54, 1.807) is 0 Å². The van der Waals surface area contributed by atoms with Crippen LogP contribution in [0.25, 0.3) is 0 Å². The fraction of sp³-hybridized carbons (Fsp3) is 1.00. The Kier molecular flexibility index (Phi) is 5.59. The summed E-state index contributed by atoms with van der Waals surface area (Å²) in [5.41, 5.74) is 1.13. The largest absolute Gasteiger partial charge is 0.500 e. The van der Waals surface area contributed by atoms with E-state index in [9.17, 15) is 9.46 Å². The van der Waals surface area contributed by atoms with Gasteiger partial charge in [-0.25, -0.2) is 0 Å². The summed E-state index contributed by atoms with van der Waals surface area (Å²) in [6.45, 7) is 18.0. The zero-order chi connectivity index (χ0) is 13.3. The molecule has 0 aliphatic carbocycles. The standard InChI is InChI=1S/C11H27O2PSi2/c1-9(2)15(5,6)11(14(12)13)16(7,8)10(3)4/h9-11H,1-8H3/p+1. The van der Waals surface area contributed by atoms with Gasteiger partial charge in [0.25, 0.3) is 0 Å². The highest BCUT2D eigenvalue weighted by Crippen LogP contribution is 2.45. The lowest BCUT2D eigenvalue weighted by atomic mass is 10.6. The average Bonchev–Trinajstić information content (AvgIpc) is 2.00. The smallest absolute Gasteiger partial charge is 0.161 e. The van der Waals surface area contributed by atoms with E-state index in [1.807, 2.05) is 0 Å². The molecular formula is C11H28O2PSi2+. The molecule has 0 spiro atoms. The van der Waals surface area contributed by atoms with Gasteiger partial charge in [0.1, 0.15) is 16.1 Å². The molecule has 0 heterocycles. The molecule has 16 heavy (non-hydrogen) atoms. The molecule has 5 heteroatoms. The van der Waals surface area contributed by atoms with E-state index in [0.29, 0.717) is 11.1 Å². The first-order valence-corrected chi connectivity index (χ1v) is 13.7. The maximum atomic E-state index is 11.8. The molecule has 0 radical (unpaired) electrons. The first kappa shape index (κ1) is 16.5. The molecule has 0 aliphatic heterocycles. The second-order valence-corrected chi connectivity index (χ2v) is 20.1. The summed E-state index contributed by atoms with van der Waals surface area (Å²) in [6.07, 6.45) is 0. The van der Waals surface area contributed by atoms with E-state index in [2.05, 4.69) is 53.9 Å². The number of hydrogen-bond donors (Lipinski definition) is 1. The number of rotatable bonds is 5. The summed E-state index contributed by atoms with van der Waals surface area (Å²) >= 11 is 0. The van der Waals surface area contributed by atoms with Crippen molar-refractivity contribution < 1.29 is 9.46 Å². The molecule has 0 aromatic carbocycles. The van der Waals surface area contributed by atoms with Crippen LogP contribution in [0.5, 0.6) is 0 Å². The quantitative estimate of drug-likeness (QED) is 0.598. The normalized spacial score (nSPS) is 15.1. The highest BCUT2D eigenvalue weighted by Gasteiger charge is 2.57. The van der Waals surface area contributed by atoms with E-state index >= 15 is 0 Å². The Bertz CT molecular complexity index is 243. The topological polar surface area (TPSA) is 37.3 Å². The van der Waals surface area contributed by atoms with Crippen LogP contribution in [0.1, 0.15) is 27.7 Å². The van der Waals surface area contributed by atoms with Crippen LogP contribution >= 0.6 is 8.03 Å². The third kappa shape index (κ3) is 3.25. The van der Waals surface area contributed by atoms with E-state index in [4.69, 9.17) is 0 Å². The van der Waals surface area contributed by atoms with Gasteiger partial charge >= 0.3 is 8.03 Å². The van der Waals surface area contributed by atoms with Crippen molar-refractivity contribution >= 4 is 24.2 Å². The van der Waals surface area contributed by atoms with Crippen molar-refractivity contribution in [3.05, 3.63) is 0 Å². The van der Waals surface area contributed by atoms with Crippen LogP contribution in [-0.4, -0.2) is 25.9 Å². The lowest BCUT2D eigenvalue weighted by Crippen LogP contribution is -2.58. The Hall–Kier alpha value is 0.494. The zero-order valence-corrected chi connectivity index (χ0v) is 14.9. The summed E-state index contributed by atoms with van der Waals surface area (Å²) < 4.78 is 11.8. The van der Waals surface area contributed by atoms with Crippen molar-refractivity contribution in [3.63, 3.8) is 0 Å². The van der Waals surface area contributed by atoms with Gasteiger partial charge in [-0.05, 0) is 15.6 Å². The maximum absolute atomic E-state index is 11.8. The highest BCUT2D eigenvalue weighted by atomic mass is 31.1. The molecule has 0 fully saturated rings. The van der Waals surface area contributed by atoms with Gasteiger partial charge in [0.05, 0.1) is 0 Å². The Morgan fingerprint density at radius 3 is 1.25 bits per heavy atom. The highest BCUT2D eigenvalue weighted by molar-refractivity contribution is 7.49. The minimum absolute atomic E-state index is 0.106. The zero-order valence-electron chi connectivity index (χ0n) is 12.0. The Morgan fingerprint density at radius 2 is 1.12 bits per heavy atom. The molecule has 0 aromatic heterocycles. The molecule has 1 N–H and O–H groups in total. The van der Waals surface area contributed by atoms with E-state index in [-0.39, 0.29) is 4.91 Å². The van der Waals surface area contributed by atoms with Crippen LogP contribution in [0.3, 0.4) is 0 Å². The molecule has 2 nitrogen and oxygen atoms in total. The molecule has 1 unspecified atom stereocenters. The van der Waals surface area contributed by atoms with Gasteiger partial charge in [0.2, 0.25) is 0 Å². The minimum Gasteiger partial charge on any atom is -0.161 e. The van der Waals surface area contributed by atoms with Gasteiger partial charge in [0.15, 0.2) is 4.91 Å². The van der Waals surface area contributed by atoms with Crippen molar-refractivity contribution in [1.82, 2.24) is 0 Å². The Labute approximate surface area is 104 Å². The summed E-state index contributed by atoms with van der Waals surface area (Å²) in [6, 6.07) is 0. The lowest BCUT2D eigenvalue weighted by molar-refractivity contribution is 0.503. The first-order chi connectivity index (χ1) is 6.95. The lowest BCUT2D eigenvalue weighted by Gasteiger charge is -2.38. The van der Waals surface area contributed by atoms with E-state index < -0.39 is 24.2 Å². The van der Waals surface area contributed by atoms with Crippen LogP contribution < -0.4 is 0 Å². The minimum atomic E-state index is -2.03. The second kappa shape index (κ2) is 5.43. The third-order valence-corrected chi connectivity index (χ3v) is 23.6. The second-order valence-electron chi connectivity index (χ2n) is 6.66. The molecule has 0 saturated carbocycles. The van der Waals surface area contributed by atoms with Crippen molar-refractivity contribution in [1.29, 1.82) is 0 Å². The van der Waals surface area contributed by atoms with Crippen LogP contribution in [-0.2, 0) is 4.57 Å². The van der Waals surface area contributed by atoms with Crippen molar-refractivity contribution in [3.8, 4) is 0 Å². The first-order valence-electron chi connectivity index (χ1n) is 6.10. The fourth-order valence-electron chi connectivity index (χ4n) is 2.16. The predicted octanol–water partition coefficient (Wildman–Crippen LogP) is 4.40. The fourth-order valence-corrected chi connectivity index (χ4v) is 19.4. The predicted molar refractivity (Wildman–Crippen MR) is 78.8 cm³/mol. The summed E-state index contributed by atoms with van der Waals surface area (Å²) in [4.78, 5) is 9.87. The van der Waals surface area contributed by atoms with Crippen LogP contribution in [0.15, 0.2) is 0 Å². The summed E-state index contributed by atoms with van der Waals surface area (Å²) in [5, 5.41) is 0. The SMILES string of the molecule is CC(C)[Si](C)(C)C([P+](=O)O)[Si](C)(C)C(C)C. The van der Waals surface area contributed by atoms with Gasteiger partial charge in [-0.2, -0.15) is 4.89 Å². The van der Waals surface area contributed by atoms with Crippen LogP contribution in [0.2, 0.25) is 37.3 Å². The number of hydrogen-bond acceptors (Lipinski definition) is 1. The average molecular weight is 279 g/mol. The third-order valence-electron chi connectivity index (χ3n) is 4.61. The summed E-state index contributed by atoms with van der Waals surface area (Å²) in [5.74, 6) is 0. The molecule has 0 amide bonds. The van der Waals surface area contributed by atoms with E-state index in [0.717, 1.165) is 0 Å². The molecular weight excluding hydrogens is 251 g/mol. The van der Waals surface area contributed by atoms with Gasteiger partial charge in [-0.1, -0.05) is 53.9 Å². The molecule has 0 aliphatic rings. The summed E-state index contributed by atoms with van der Waals surface area (Å²) in [7, 11) is -5.32. The molecule has 0 aromatic rings. The Morgan fingerprint density at radius 1 is 0.875 bits per heavy atom. The Balaban J connectivity index is 5.42. The maximum Gasteiger partial charge on any atom is 0.500 e. The van der Waals surface area contributed by atoms with Gasteiger partial charge < -0.3 is 0 Å². The van der Waals surface area contributed by atoms with Crippen LogP contribution in [0, 0.1) is 0 Å². The van der Waals surface area contributed by atoms with E-state index in [1.165, 1.54) is 0 Å². The molecule has 0 rings (SSSR count). The van der Waals surface area contributed by atoms with Gasteiger partial charge in [0, 0.05) is 0 Å². The van der Waals surface area contributed by atoms with Crippen molar-refractivity contribution in [2.24, 2.45) is 0 Å². The molecule has 1 atom stereocenters. The van der Waals surface area contributed by atoms with Gasteiger partial charge in [-0.3, -0.25) is 0 Å².